The zero-order valence-corrected chi connectivity index (χ0v) is 13.6. The summed E-state index contributed by atoms with van der Waals surface area (Å²) in [7, 11) is 0. The molecule has 2 rings (SSSR count). The first-order valence-electron chi connectivity index (χ1n) is 6.94. The van der Waals surface area contributed by atoms with Gasteiger partial charge in [0.2, 0.25) is 5.91 Å². The molecule has 0 aromatic heterocycles. The van der Waals surface area contributed by atoms with Crippen molar-refractivity contribution < 1.29 is 19.1 Å². The summed E-state index contributed by atoms with van der Waals surface area (Å²) >= 11 is 3.33. The molecule has 6 heteroatoms. The van der Waals surface area contributed by atoms with Crippen LogP contribution in [0, 0.1) is 11.2 Å². The van der Waals surface area contributed by atoms with Gasteiger partial charge in [-0.05, 0) is 36.6 Å². The van der Waals surface area contributed by atoms with Crippen LogP contribution in [0.4, 0.5) is 4.39 Å². The van der Waals surface area contributed by atoms with Gasteiger partial charge in [0.05, 0.1) is 0 Å². The van der Waals surface area contributed by atoms with E-state index in [1.54, 1.807) is 12.1 Å². The van der Waals surface area contributed by atoms with Gasteiger partial charge in [-0.3, -0.25) is 9.59 Å². The summed E-state index contributed by atoms with van der Waals surface area (Å²) in [6.45, 7) is 3.98. The molecular weight excluding hydrogens is 353 g/mol. The Morgan fingerprint density at radius 1 is 1.45 bits per heavy atom. The van der Waals surface area contributed by atoms with Gasteiger partial charge in [0.25, 0.3) is 0 Å². The van der Waals surface area contributed by atoms with Crippen molar-refractivity contribution in [3.63, 3.8) is 0 Å². The summed E-state index contributed by atoms with van der Waals surface area (Å²) in [5, 5.41) is 9.26. The van der Waals surface area contributed by atoms with Gasteiger partial charge in [-0.2, -0.15) is 0 Å². The molecule has 1 fully saturated rings. The fraction of sp³-hybridized carbons (Fsp3) is 0.375. The minimum Gasteiger partial charge on any atom is -0.481 e. The molecule has 0 unspecified atom stereocenters. The molecule has 1 heterocycles. The molecule has 1 N–H and O–H groups in total. The maximum atomic E-state index is 13.2. The SMILES string of the molecule is C=CCC1(C(=O)O)CN(C(=O)CCc2cc(F)ccc2Br)C1. The zero-order valence-electron chi connectivity index (χ0n) is 12.0. The summed E-state index contributed by atoms with van der Waals surface area (Å²) in [4.78, 5) is 24.9. The number of carbonyl (C=O) groups excluding carboxylic acids is 1. The molecule has 118 valence electrons. The van der Waals surface area contributed by atoms with E-state index >= 15 is 0 Å². The Balaban J connectivity index is 1.91. The molecule has 0 radical (unpaired) electrons. The van der Waals surface area contributed by atoms with Crippen LogP contribution in [-0.4, -0.2) is 35.0 Å². The number of nitrogens with zero attached hydrogens (tertiary/aromatic N) is 1. The smallest absolute Gasteiger partial charge is 0.313 e. The molecule has 1 aliphatic heterocycles. The van der Waals surface area contributed by atoms with Crippen molar-refractivity contribution in [1.29, 1.82) is 0 Å². The predicted octanol–water partition coefficient (Wildman–Crippen LogP) is 3.01. The molecule has 1 saturated heterocycles. The number of benzene rings is 1. The molecular formula is C16H17BrFNO3. The van der Waals surface area contributed by atoms with Crippen molar-refractivity contribution in [2.24, 2.45) is 5.41 Å². The van der Waals surface area contributed by atoms with Crippen molar-refractivity contribution in [2.45, 2.75) is 19.3 Å². The average Bonchev–Trinajstić information content (AvgIpc) is 2.42. The van der Waals surface area contributed by atoms with E-state index in [0.29, 0.717) is 12.8 Å². The number of carboxylic acids is 1. The highest BCUT2D eigenvalue weighted by atomic mass is 79.9. The topological polar surface area (TPSA) is 57.6 Å². The van der Waals surface area contributed by atoms with Crippen LogP contribution in [0.2, 0.25) is 0 Å². The van der Waals surface area contributed by atoms with E-state index in [1.807, 2.05) is 0 Å². The van der Waals surface area contributed by atoms with E-state index in [9.17, 15) is 19.1 Å². The normalized spacial score (nSPS) is 16.0. The maximum Gasteiger partial charge on any atom is 0.313 e. The van der Waals surface area contributed by atoms with E-state index in [1.165, 1.54) is 17.0 Å². The molecule has 22 heavy (non-hydrogen) atoms. The van der Waals surface area contributed by atoms with Gasteiger partial charge in [0, 0.05) is 24.0 Å². The molecule has 0 atom stereocenters. The molecule has 0 aliphatic carbocycles. The summed E-state index contributed by atoms with van der Waals surface area (Å²) < 4.78 is 14.0. The fourth-order valence-corrected chi connectivity index (χ4v) is 3.07. The third kappa shape index (κ3) is 3.38. The number of hydrogen-bond donors (Lipinski definition) is 1. The second kappa shape index (κ2) is 6.60. The molecule has 1 amide bonds. The van der Waals surface area contributed by atoms with Crippen LogP contribution in [0.15, 0.2) is 35.3 Å². The van der Waals surface area contributed by atoms with Crippen molar-refractivity contribution in [2.75, 3.05) is 13.1 Å². The average molecular weight is 370 g/mol. The number of aryl methyl sites for hydroxylation is 1. The first-order valence-corrected chi connectivity index (χ1v) is 7.73. The summed E-state index contributed by atoms with van der Waals surface area (Å²) in [6, 6.07) is 4.35. The third-order valence-corrected chi connectivity index (χ3v) is 4.72. The van der Waals surface area contributed by atoms with Crippen LogP contribution in [0.5, 0.6) is 0 Å². The van der Waals surface area contributed by atoms with Gasteiger partial charge in [0.1, 0.15) is 11.2 Å². The summed E-state index contributed by atoms with van der Waals surface area (Å²) in [6.07, 6.45) is 2.56. The number of carboxylic acid groups (broad SMARTS) is 1. The van der Waals surface area contributed by atoms with Gasteiger partial charge in [-0.15, -0.1) is 6.58 Å². The number of likely N-dealkylation sites (tertiary alicyclic amines) is 1. The Morgan fingerprint density at radius 3 is 2.73 bits per heavy atom. The molecule has 4 nitrogen and oxygen atoms in total. The van der Waals surface area contributed by atoms with E-state index in [2.05, 4.69) is 22.5 Å². The molecule has 1 aromatic rings. The second-order valence-electron chi connectivity index (χ2n) is 5.56. The van der Waals surface area contributed by atoms with Crippen LogP contribution < -0.4 is 0 Å². The van der Waals surface area contributed by atoms with Crippen molar-refractivity contribution in [3.8, 4) is 0 Å². The quantitative estimate of drug-likeness (QED) is 0.784. The Labute approximate surface area is 136 Å². The first-order chi connectivity index (χ1) is 10.4. The summed E-state index contributed by atoms with van der Waals surface area (Å²) in [5.74, 6) is -1.35. The van der Waals surface area contributed by atoms with Gasteiger partial charge in [0.15, 0.2) is 0 Å². The molecule has 0 saturated carbocycles. The number of aliphatic carboxylic acids is 1. The van der Waals surface area contributed by atoms with Crippen LogP contribution in [-0.2, 0) is 16.0 Å². The Kier molecular flexibility index (Phi) is 5.01. The monoisotopic (exact) mass is 369 g/mol. The first kappa shape index (κ1) is 16.7. The van der Waals surface area contributed by atoms with Crippen LogP contribution >= 0.6 is 15.9 Å². The van der Waals surface area contributed by atoms with Crippen LogP contribution in [0.25, 0.3) is 0 Å². The lowest BCUT2D eigenvalue weighted by atomic mass is 9.76. The highest BCUT2D eigenvalue weighted by molar-refractivity contribution is 9.10. The highest BCUT2D eigenvalue weighted by Gasteiger charge is 2.50. The zero-order chi connectivity index (χ0) is 16.3. The predicted molar refractivity (Wildman–Crippen MR) is 83.9 cm³/mol. The van der Waals surface area contributed by atoms with Crippen LogP contribution in [0.3, 0.4) is 0 Å². The minimum absolute atomic E-state index is 0.114. The van der Waals surface area contributed by atoms with E-state index in [0.717, 1.165) is 10.0 Å². The Bertz CT molecular complexity index is 611. The van der Waals surface area contributed by atoms with Crippen LogP contribution in [0.1, 0.15) is 18.4 Å². The lowest BCUT2D eigenvalue weighted by molar-refractivity contribution is -0.165. The van der Waals surface area contributed by atoms with Crippen molar-refractivity contribution >= 4 is 27.8 Å². The Hall–Kier alpha value is -1.69. The van der Waals surface area contributed by atoms with Gasteiger partial charge in [-0.25, -0.2) is 4.39 Å². The number of amides is 1. The van der Waals surface area contributed by atoms with Gasteiger partial charge < -0.3 is 10.0 Å². The standard InChI is InChI=1S/C16H17BrFNO3/c1-2-7-16(15(21)22)9-19(10-16)14(20)6-3-11-8-12(18)4-5-13(11)17/h2,4-5,8H,1,3,6-7,9-10H2,(H,21,22). The summed E-state index contributed by atoms with van der Waals surface area (Å²) in [5.41, 5.74) is -0.166. The van der Waals surface area contributed by atoms with Crippen molar-refractivity contribution in [3.05, 3.63) is 46.7 Å². The number of hydrogen-bond acceptors (Lipinski definition) is 2. The second-order valence-corrected chi connectivity index (χ2v) is 6.42. The number of carbonyl (C=O) groups is 2. The maximum absolute atomic E-state index is 13.2. The molecule has 1 aromatic carbocycles. The van der Waals surface area contributed by atoms with Gasteiger partial charge in [-0.1, -0.05) is 22.0 Å². The number of rotatable bonds is 6. The molecule has 1 aliphatic rings. The van der Waals surface area contributed by atoms with Gasteiger partial charge >= 0.3 is 5.97 Å². The Morgan fingerprint density at radius 2 is 2.14 bits per heavy atom. The fourth-order valence-electron chi connectivity index (χ4n) is 2.62. The number of allylic oxidation sites excluding steroid dienone is 1. The lowest BCUT2D eigenvalue weighted by Gasteiger charge is -2.46. The number of halogens is 2. The molecule has 0 spiro atoms. The molecule has 0 bridgehead atoms. The van der Waals surface area contributed by atoms with E-state index in [-0.39, 0.29) is 31.2 Å². The largest absolute Gasteiger partial charge is 0.481 e. The van der Waals surface area contributed by atoms with Crippen molar-refractivity contribution in [1.82, 2.24) is 4.90 Å². The van der Waals surface area contributed by atoms with E-state index in [4.69, 9.17) is 0 Å². The highest BCUT2D eigenvalue weighted by Crippen LogP contribution is 2.35. The minimum atomic E-state index is -0.899. The van der Waals surface area contributed by atoms with E-state index < -0.39 is 11.4 Å². The lowest BCUT2D eigenvalue weighted by Crippen LogP contribution is -2.62. The third-order valence-electron chi connectivity index (χ3n) is 3.94.